The number of nitrogens with one attached hydrogen (secondary N) is 2. The fourth-order valence-electron chi connectivity index (χ4n) is 1.42. The molecule has 2 N–H and O–H groups in total. The molecule has 0 aliphatic heterocycles. The fraction of sp³-hybridized carbons (Fsp3) is 0.636. The number of methoxy groups -OCH3 is 1. The van der Waals surface area contributed by atoms with E-state index in [0.29, 0.717) is 18.6 Å². The smallest absolute Gasteiger partial charge is 0.224 e. The van der Waals surface area contributed by atoms with E-state index in [1.807, 2.05) is 13.0 Å². The summed E-state index contributed by atoms with van der Waals surface area (Å²) in [6.45, 7) is 3.35. The van der Waals surface area contributed by atoms with Crippen LogP contribution in [0.3, 0.4) is 0 Å². The molecule has 1 aliphatic rings. The normalized spacial score (nSPS) is 14.9. The van der Waals surface area contributed by atoms with E-state index in [0.717, 1.165) is 18.1 Å². The summed E-state index contributed by atoms with van der Waals surface area (Å²) >= 11 is 0. The van der Waals surface area contributed by atoms with E-state index in [1.54, 1.807) is 7.11 Å². The first-order chi connectivity index (χ1) is 7.78. The minimum atomic E-state index is 0.612. The van der Waals surface area contributed by atoms with Crippen LogP contribution in [0, 0.1) is 6.92 Å². The van der Waals surface area contributed by atoms with Crippen molar-refractivity contribution in [1.82, 2.24) is 9.97 Å². The molecule has 0 amide bonds. The van der Waals surface area contributed by atoms with Crippen LogP contribution in [0.4, 0.5) is 11.8 Å². The highest BCUT2D eigenvalue weighted by atomic mass is 16.5. The maximum absolute atomic E-state index is 4.96. The average molecular weight is 222 g/mol. The van der Waals surface area contributed by atoms with Crippen molar-refractivity contribution in [2.75, 3.05) is 30.9 Å². The molecule has 1 fully saturated rings. The second kappa shape index (κ2) is 5.12. The van der Waals surface area contributed by atoms with Crippen molar-refractivity contribution in [3.05, 3.63) is 11.8 Å². The molecule has 0 unspecified atom stereocenters. The van der Waals surface area contributed by atoms with Crippen LogP contribution in [0.2, 0.25) is 0 Å². The van der Waals surface area contributed by atoms with Crippen molar-refractivity contribution in [2.24, 2.45) is 0 Å². The van der Waals surface area contributed by atoms with Gasteiger partial charge < -0.3 is 15.4 Å². The van der Waals surface area contributed by atoms with E-state index >= 15 is 0 Å². The van der Waals surface area contributed by atoms with Gasteiger partial charge in [-0.05, 0) is 19.8 Å². The van der Waals surface area contributed by atoms with Gasteiger partial charge in [0.05, 0.1) is 6.61 Å². The van der Waals surface area contributed by atoms with Gasteiger partial charge in [0.2, 0.25) is 5.95 Å². The molecule has 0 spiro atoms. The molecule has 1 saturated carbocycles. The van der Waals surface area contributed by atoms with Gasteiger partial charge in [-0.1, -0.05) is 0 Å². The first-order valence-electron chi connectivity index (χ1n) is 5.63. The van der Waals surface area contributed by atoms with Gasteiger partial charge in [-0.25, -0.2) is 4.98 Å². The molecular weight excluding hydrogens is 204 g/mol. The van der Waals surface area contributed by atoms with Crippen LogP contribution >= 0.6 is 0 Å². The van der Waals surface area contributed by atoms with Crippen LogP contribution in [0.15, 0.2) is 6.07 Å². The van der Waals surface area contributed by atoms with E-state index in [4.69, 9.17) is 4.74 Å². The number of anilines is 2. The summed E-state index contributed by atoms with van der Waals surface area (Å²) in [5.74, 6) is 1.58. The molecule has 1 aromatic rings. The van der Waals surface area contributed by atoms with E-state index in [-0.39, 0.29) is 0 Å². The zero-order valence-corrected chi connectivity index (χ0v) is 9.79. The summed E-state index contributed by atoms with van der Waals surface area (Å²) in [4.78, 5) is 8.71. The van der Waals surface area contributed by atoms with E-state index in [9.17, 15) is 0 Å². The van der Waals surface area contributed by atoms with Crippen molar-refractivity contribution < 1.29 is 4.74 Å². The van der Waals surface area contributed by atoms with Crippen LogP contribution in [0.1, 0.15) is 18.5 Å². The molecule has 2 rings (SSSR count). The Labute approximate surface area is 95.6 Å². The van der Waals surface area contributed by atoms with Crippen LogP contribution in [-0.2, 0) is 4.74 Å². The van der Waals surface area contributed by atoms with Crippen LogP contribution < -0.4 is 10.6 Å². The van der Waals surface area contributed by atoms with Crippen molar-refractivity contribution in [3.8, 4) is 0 Å². The molecule has 16 heavy (non-hydrogen) atoms. The van der Waals surface area contributed by atoms with Gasteiger partial charge in [0.25, 0.3) is 0 Å². The molecule has 1 aromatic heterocycles. The third kappa shape index (κ3) is 3.34. The quantitative estimate of drug-likeness (QED) is 0.713. The molecule has 0 bridgehead atoms. The van der Waals surface area contributed by atoms with E-state index < -0.39 is 0 Å². The summed E-state index contributed by atoms with van der Waals surface area (Å²) in [6, 6.07) is 2.58. The lowest BCUT2D eigenvalue weighted by Crippen LogP contribution is -2.12. The zero-order valence-electron chi connectivity index (χ0n) is 9.79. The summed E-state index contributed by atoms with van der Waals surface area (Å²) in [6.07, 6.45) is 2.49. The molecular formula is C11H18N4O. The Morgan fingerprint density at radius 2 is 2.25 bits per heavy atom. The maximum Gasteiger partial charge on any atom is 0.224 e. The number of rotatable bonds is 6. The third-order valence-corrected chi connectivity index (χ3v) is 2.37. The van der Waals surface area contributed by atoms with Gasteiger partial charge in [0.1, 0.15) is 5.82 Å². The van der Waals surface area contributed by atoms with Gasteiger partial charge in [-0.3, -0.25) is 0 Å². The largest absolute Gasteiger partial charge is 0.383 e. The molecule has 5 heteroatoms. The first kappa shape index (κ1) is 11.1. The number of ether oxygens (including phenoxy) is 1. The number of aromatic nitrogens is 2. The molecule has 0 saturated heterocycles. The van der Waals surface area contributed by atoms with E-state index in [1.165, 1.54) is 12.8 Å². The summed E-state index contributed by atoms with van der Waals surface area (Å²) in [7, 11) is 1.68. The summed E-state index contributed by atoms with van der Waals surface area (Å²) < 4.78 is 4.96. The zero-order chi connectivity index (χ0) is 11.4. The lowest BCUT2D eigenvalue weighted by Gasteiger charge is -2.08. The minimum absolute atomic E-state index is 0.612. The molecule has 0 radical (unpaired) electrons. The Morgan fingerprint density at radius 1 is 1.44 bits per heavy atom. The van der Waals surface area contributed by atoms with Crippen LogP contribution in [0.25, 0.3) is 0 Å². The molecule has 5 nitrogen and oxygen atoms in total. The fourth-order valence-corrected chi connectivity index (χ4v) is 1.42. The van der Waals surface area contributed by atoms with Gasteiger partial charge in [0, 0.05) is 31.5 Å². The molecule has 0 aromatic carbocycles. The van der Waals surface area contributed by atoms with Gasteiger partial charge in [-0.15, -0.1) is 0 Å². The number of hydrogen-bond acceptors (Lipinski definition) is 5. The van der Waals surface area contributed by atoms with Crippen LogP contribution in [0.5, 0.6) is 0 Å². The van der Waals surface area contributed by atoms with E-state index in [2.05, 4.69) is 20.6 Å². The first-order valence-corrected chi connectivity index (χ1v) is 5.63. The Morgan fingerprint density at radius 3 is 2.94 bits per heavy atom. The van der Waals surface area contributed by atoms with Gasteiger partial charge in [-0.2, -0.15) is 4.98 Å². The van der Waals surface area contributed by atoms with Crippen molar-refractivity contribution in [3.63, 3.8) is 0 Å². The Kier molecular flexibility index (Phi) is 3.56. The predicted octanol–water partition coefficient (Wildman–Crippen LogP) is 1.42. The topological polar surface area (TPSA) is 59.1 Å². The average Bonchev–Trinajstić information content (AvgIpc) is 3.01. The van der Waals surface area contributed by atoms with Gasteiger partial charge in [0.15, 0.2) is 0 Å². The Hall–Kier alpha value is -1.36. The highest BCUT2D eigenvalue weighted by Crippen LogP contribution is 2.24. The predicted molar refractivity (Wildman–Crippen MR) is 63.8 cm³/mol. The molecule has 1 heterocycles. The summed E-state index contributed by atoms with van der Waals surface area (Å²) in [5.41, 5.74) is 0.970. The Bertz CT molecular complexity index is 352. The number of aryl methyl sites for hydroxylation is 1. The van der Waals surface area contributed by atoms with Crippen molar-refractivity contribution >= 4 is 11.8 Å². The Balaban J connectivity index is 1.96. The van der Waals surface area contributed by atoms with Crippen LogP contribution in [-0.4, -0.2) is 36.3 Å². The SMILES string of the molecule is COCCNc1nc(C)cc(NC2CC2)n1. The third-order valence-electron chi connectivity index (χ3n) is 2.37. The second-order valence-corrected chi connectivity index (χ2v) is 4.06. The minimum Gasteiger partial charge on any atom is -0.383 e. The molecule has 88 valence electrons. The maximum atomic E-state index is 4.96. The summed E-state index contributed by atoms with van der Waals surface area (Å²) in [5, 5.41) is 6.50. The highest BCUT2D eigenvalue weighted by Gasteiger charge is 2.21. The lowest BCUT2D eigenvalue weighted by molar-refractivity contribution is 0.210. The molecule has 1 aliphatic carbocycles. The standard InChI is InChI=1S/C11H18N4O/c1-8-7-10(14-9-3-4-9)15-11(13-8)12-5-6-16-2/h7,9H,3-6H2,1-2H3,(H2,12,13,14,15). The van der Waals surface area contributed by atoms with Crippen molar-refractivity contribution in [2.45, 2.75) is 25.8 Å². The molecule has 0 atom stereocenters. The number of nitrogens with zero attached hydrogens (tertiary/aromatic N) is 2. The monoisotopic (exact) mass is 222 g/mol. The lowest BCUT2D eigenvalue weighted by atomic mass is 10.4. The van der Waals surface area contributed by atoms with Gasteiger partial charge >= 0.3 is 0 Å². The van der Waals surface area contributed by atoms with Crippen molar-refractivity contribution in [1.29, 1.82) is 0 Å². The number of hydrogen-bond donors (Lipinski definition) is 2. The highest BCUT2D eigenvalue weighted by molar-refractivity contribution is 5.43. The second-order valence-electron chi connectivity index (χ2n) is 4.06.